The van der Waals surface area contributed by atoms with Crippen LogP contribution >= 0.6 is 0 Å². The van der Waals surface area contributed by atoms with E-state index in [1.54, 1.807) is 6.33 Å². The predicted molar refractivity (Wildman–Crippen MR) is 88.0 cm³/mol. The smallest absolute Gasteiger partial charge is 0.317 e. The topological polar surface area (TPSA) is 63.1 Å². The second kappa shape index (κ2) is 6.81. The number of aromatic nitrogens is 3. The predicted octanol–water partition coefficient (Wildman–Crippen LogP) is 2.21. The Hall–Kier alpha value is -2.37. The molecule has 23 heavy (non-hydrogen) atoms. The van der Waals surface area contributed by atoms with Crippen LogP contribution in [0, 0.1) is 6.92 Å². The lowest BCUT2D eigenvalue weighted by molar-refractivity contribution is 0.177. The Bertz CT molecular complexity index is 664. The second-order valence-electron chi connectivity index (χ2n) is 6.23. The molecular weight excluding hydrogens is 290 g/mol. The van der Waals surface area contributed by atoms with E-state index in [4.69, 9.17) is 0 Å². The van der Waals surface area contributed by atoms with Gasteiger partial charge >= 0.3 is 6.03 Å². The molecule has 122 valence electrons. The molecule has 0 unspecified atom stereocenters. The number of carbonyl (C=O) groups is 1. The molecule has 2 aromatic rings. The average Bonchev–Trinajstić information content (AvgIpc) is 3.00. The monoisotopic (exact) mass is 313 g/mol. The summed E-state index contributed by atoms with van der Waals surface area (Å²) in [6, 6.07) is 8.22. The largest absolute Gasteiger partial charge is 0.334 e. The number of nitrogens with one attached hydrogen (secondary N) is 1. The highest BCUT2D eigenvalue weighted by Crippen LogP contribution is 2.24. The van der Waals surface area contributed by atoms with Crippen molar-refractivity contribution in [2.45, 2.75) is 32.2 Å². The van der Waals surface area contributed by atoms with Gasteiger partial charge in [0.2, 0.25) is 0 Å². The molecule has 1 aliphatic heterocycles. The number of benzene rings is 1. The zero-order valence-electron chi connectivity index (χ0n) is 13.7. The van der Waals surface area contributed by atoms with Crippen molar-refractivity contribution in [1.29, 1.82) is 0 Å². The fraction of sp³-hybridized carbons (Fsp3) is 0.471. The van der Waals surface area contributed by atoms with Crippen LogP contribution in [-0.2, 0) is 13.6 Å². The number of carbonyl (C=O) groups excluding carboxylic acids is 1. The number of likely N-dealkylation sites (tertiary alicyclic amines) is 1. The van der Waals surface area contributed by atoms with Gasteiger partial charge in [0.15, 0.2) is 0 Å². The molecule has 6 nitrogen and oxygen atoms in total. The Balaban J connectivity index is 1.56. The van der Waals surface area contributed by atoms with Crippen LogP contribution < -0.4 is 5.32 Å². The van der Waals surface area contributed by atoms with Gasteiger partial charge in [0.1, 0.15) is 12.2 Å². The Morgan fingerprint density at radius 2 is 2.13 bits per heavy atom. The van der Waals surface area contributed by atoms with Gasteiger partial charge in [-0.2, -0.15) is 0 Å². The van der Waals surface area contributed by atoms with Gasteiger partial charge in [-0.05, 0) is 25.3 Å². The molecule has 0 saturated carbocycles. The Kier molecular flexibility index (Phi) is 4.60. The average molecular weight is 313 g/mol. The SMILES string of the molecule is Cc1ccc(CNC(=O)N2CCC[C@@H](c3nncn3C)C2)cc1. The van der Waals surface area contributed by atoms with Gasteiger partial charge < -0.3 is 14.8 Å². The summed E-state index contributed by atoms with van der Waals surface area (Å²) in [5.41, 5.74) is 2.34. The molecular formula is C17H23N5O. The van der Waals surface area contributed by atoms with Gasteiger partial charge in [-0.15, -0.1) is 10.2 Å². The lowest BCUT2D eigenvalue weighted by atomic mass is 9.97. The zero-order valence-corrected chi connectivity index (χ0v) is 13.7. The van der Waals surface area contributed by atoms with Crippen molar-refractivity contribution in [2.75, 3.05) is 13.1 Å². The standard InChI is InChI=1S/C17H23N5O/c1-13-5-7-14(8-6-13)10-18-17(23)22-9-3-4-15(11-22)16-20-19-12-21(16)2/h5-8,12,15H,3-4,9-11H2,1-2H3,(H,18,23)/t15-/m1/s1. The second-order valence-corrected chi connectivity index (χ2v) is 6.23. The lowest BCUT2D eigenvalue weighted by Crippen LogP contribution is -2.45. The van der Waals surface area contributed by atoms with Gasteiger partial charge in [0.25, 0.3) is 0 Å². The van der Waals surface area contributed by atoms with Crippen LogP contribution in [0.15, 0.2) is 30.6 Å². The van der Waals surface area contributed by atoms with E-state index in [2.05, 4.69) is 34.6 Å². The first-order chi connectivity index (χ1) is 11.1. The number of amides is 2. The molecule has 1 saturated heterocycles. The maximum Gasteiger partial charge on any atom is 0.317 e. The first-order valence-electron chi connectivity index (χ1n) is 8.05. The minimum Gasteiger partial charge on any atom is -0.334 e. The van der Waals surface area contributed by atoms with Crippen LogP contribution in [0.1, 0.15) is 35.7 Å². The van der Waals surface area contributed by atoms with Crippen LogP contribution in [0.3, 0.4) is 0 Å². The molecule has 2 heterocycles. The van der Waals surface area contributed by atoms with Gasteiger partial charge in [-0.1, -0.05) is 29.8 Å². The third kappa shape index (κ3) is 3.70. The van der Waals surface area contributed by atoms with E-state index in [-0.39, 0.29) is 11.9 Å². The van der Waals surface area contributed by atoms with Crippen LogP contribution in [0.2, 0.25) is 0 Å². The minimum absolute atomic E-state index is 0.00237. The molecule has 0 radical (unpaired) electrons. The van der Waals surface area contributed by atoms with Crippen LogP contribution in [0.4, 0.5) is 4.79 Å². The molecule has 1 atom stereocenters. The highest BCUT2D eigenvalue weighted by molar-refractivity contribution is 5.74. The quantitative estimate of drug-likeness (QED) is 0.945. The fourth-order valence-corrected chi connectivity index (χ4v) is 3.03. The van der Waals surface area contributed by atoms with Crippen molar-refractivity contribution in [3.63, 3.8) is 0 Å². The molecule has 0 bridgehead atoms. The number of nitrogens with zero attached hydrogens (tertiary/aromatic N) is 4. The molecule has 1 N–H and O–H groups in total. The third-order valence-corrected chi connectivity index (χ3v) is 4.38. The Labute approximate surface area is 136 Å². The molecule has 3 rings (SSSR count). The summed E-state index contributed by atoms with van der Waals surface area (Å²) in [6.07, 6.45) is 3.76. The molecule has 2 amide bonds. The fourth-order valence-electron chi connectivity index (χ4n) is 3.03. The van der Waals surface area contributed by atoms with Crippen molar-refractivity contribution >= 4 is 6.03 Å². The van der Waals surface area contributed by atoms with E-state index < -0.39 is 0 Å². The lowest BCUT2D eigenvalue weighted by Gasteiger charge is -2.32. The summed E-state index contributed by atoms with van der Waals surface area (Å²) in [5, 5.41) is 11.1. The van der Waals surface area contributed by atoms with E-state index in [9.17, 15) is 4.79 Å². The highest BCUT2D eigenvalue weighted by atomic mass is 16.2. The summed E-state index contributed by atoms with van der Waals surface area (Å²) in [7, 11) is 1.95. The van der Waals surface area contributed by atoms with E-state index in [1.165, 1.54) is 5.56 Å². The van der Waals surface area contributed by atoms with E-state index in [0.717, 1.165) is 30.8 Å². The number of urea groups is 1. The normalized spacial score (nSPS) is 18.0. The van der Waals surface area contributed by atoms with Gasteiger partial charge in [0, 0.05) is 32.6 Å². The van der Waals surface area contributed by atoms with Gasteiger partial charge in [0.05, 0.1) is 0 Å². The number of hydrogen-bond donors (Lipinski definition) is 1. The summed E-state index contributed by atoms with van der Waals surface area (Å²) in [4.78, 5) is 14.3. The molecule has 1 aliphatic rings. The van der Waals surface area contributed by atoms with Gasteiger partial charge in [-0.3, -0.25) is 0 Å². The van der Waals surface area contributed by atoms with Crippen molar-refractivity contribution in [1.82, 2.24) is 25.0 Å². The van der Waals surface area contributed by atoms with E-state index >= 15 is 0 Å². The summed E-state index contributed by atoms with van der Waals surface area (Å²) >= 11 is 0. The zero-order chi connectivity index (χ0) is 16.2. The number of hydrogen-bond acceptors (Lipinski definition) is 3. The summed E-state index contributed by atoms with van der Waals surface area (Å²) in [5.74, 6) is 1.22. The minimum atomic E-state index is -0.00237. The van der Waals surface area contributed by atoms with E-state index in [1.807, 2.05) is 28.6 Å². The van der Waals surface area contributed by atoms with Crippen LogP contribution in [0.25, 0.3) is 0 Å². The van der Waals surface area contributed by atoms with Crippen LogP contribution in [-0.4, -0.2) is 38.8 Å². The first-order valence-corrected chi connectivity index (χ1v) is 8.05. The van der Waals surface area contributed by atoms with Crippen molar-refractivity contribution in [3.05, 3.63) is 47.5 Å². The Morgan fingerprint density at radius 1 is 1.35 bits per heavy atom. The van der Waals surface area contributed by atoms with Crippen molar-refractivity contribution in [3.8, 4) is 0 Å². The maximum atomic E-state index is 12.4. The number of rotatable bonds is 3. The highest BCUT2D eigenvalue weighted by Gasteiger charge is 2.27. The van der Waals surface area contributed by atoms with E-state index in [0.29, 0.717) is 13.1 Å². The van der Waals surface area contributed by atoms with Crippen molar-refractivity contribution in [2.24, 2.45) is 7.05 Å². The molecule has 1 aromatic carbocycles. The maximum absolute atomic E-state index is 12.4. The van der Waals surface area contributed by atoms with Crippen molar-refractivity contribution < 1.29 is 4.79 Å². The molecule has 1 fully saturated rings. The van der Waals surface area contributed by atoms with Gasteiger partial charge in [-0.25, -0.2) is 4.79 Å². The third-order valence-electron chi connectivity index (χ3n) is 4.38. The Morgan fingerprint density at radius 3 is 2.83 bits per heavy atom. The first kappa shape index (κ1) is 15.5. The molecule has 0 aliphatic carbocycles. The molecule has 6 heteroatoms. The molecule has 0 spiro atoms. The number of aryl methyl sites for hydroxylation is 2. The number of piperidine rings is 1. The summed E-state index contributed by atoms with van der Waals surface area (Å²) < 4.78 is 1.94. The molecule has 1 aromatic heterocycles. The summed E-state index contributed by atoms with van der Waals surface area (Å²) in [6.45, 7) is 4.12. The van der Waals surface area contributed by atoms with Crippen LogP contribution in [0.5, 0.6) is 0 Å².